The van der Waals surface area contributed by atoms with E-state index in [1.165, 1.54) is 0 Å². The van der Waals surface area contributed by atoms with Crippen molar-refractivity contribution < 1.29 is 14.3 Å². The molecule has 4 rings (SSSR count). The molecule has 1 aliphatic heterocycles. The van der Waals surface area contributed by atoms with E-state index in [-0.39, 0.29) is 60.6 Å². The molecule has 2 aliphatic rings. The highest BCUT2D eigenvalue weighted by Gasteiger charge is 2.32. The van der Waals surface area contributed by atoms with E-state index in [1.54, 1.807) is 0 Å². The molecule has 2 aromatic rings. The van der Waals surface area contributed by atoms with Gasteiger partial charge in [0.15, 0.2) is 0 Å². The Kier molecular flexibility index (Phi) is 11.2. The number of nitrogens with one attached hydrogen (secondary N) is 2. The van der Waals surface area contributed by atoms with Gasteiger partial charge in [0.1, 0.15) is 11.9 Å². The topological polar surface area (TPSA) is 109 Å². The zero-order chi connectivity index (χ0) is 24.1. The van der Waals surface area contributed by atoms with Crippen LogP contribution in [-0.4, -0.2) is 54.9 Å². The van der Waals surface area contributed by atoms with Crippen molar-refractivity contribution in [3.63, 3.8) is 0 Å². The van der Waals surface area contributed by atoms with Gasteiger partial charge < -0.3 is 20.7 Å². The number of nitrogens with zero attached hydrogens (tertiary/aromatic N) is 1. The third-order valence-corrected chi connectivity index (χ3v) is 7.13. The monoisotopic (exact) mass is 534 g/mol. The number of amides is 1. The van der Waals surface area contributed by atoms with Crippen molar-refractivity contribution in [2.24, 2.45) is 11.7 Å². The van der Waals surface area contributed by atoms with Crippen molar-refractivity contribution in [3.05, 3.63) is 59.7 Å². The number of nitrogens with two attached hydrogens (primary N) is 1. The van der Waals surface area contributed by atoms with Gasteiger partial charge >= 0.3 is 5.97 Å². The second kappa shape index (κ2) is 13.6. The maximum absolute atomic E-state index is 13.1. The fraction of sp³-hybridized carbons (Fsp3) is 0.444. The van der Waals surface area contributed by atoms with Crippen LogP contribution in [-0.2, 0) is 9.53 Å². The number of benzene rings is 2. The normalized spacial score (nSPS) is 19.8. The molecule has 36 heavy (non-hydrogen) atoms. The molecule has 4 N–H and O–H groups in total. The predicted octanol–water partition coefficient (Wildman–Crippen LogP) is 4.41. The van der Waals surface area contributed by atoms with Gasteiger partial charge in [0, 0.05) is 24.2 Å². The number of ether oxygens (including phenoxy) is 1. The smallest absolute Gasteiger partial charge is 0.309 e. The summed E-state index contributed by atoms with van der Waals surface area (Å²) < 4.78 is 5.73. The van der Waals surface area contributed by atoms with Crippen molar-refractivity contribution >= 4 is 42.5 Å². The summed E-state index contributed by atoms with van der Waals surface area (Å²) in [5.41, 5.74) is 8.87. The zero-order valence-corrected chi connectivity index (χ0v) is 22.2. The quantitative estimate of drug-likeness (QED) is 0.289. The first-order valence-electron chi connectivity index (χ1n) is 12.2. The van der Waals surface area contributed by atoms with Crippen molar-refractivity contribution in [1.29, 1.82) is 5.41 Å². The Morgan fingerprint density at radius 2 is 1.36 bits per heavy atom. The fourth-order valence-corrected chi connectivity index (χ4v) is 4.89. The number of rotatable bonds is 6. The van der Waals surface area contributed by atoms with Crippen LogP contribution < -0.4 is 11.1 Å². The van der Waals surface area contributed by atoms with Crippen LogP contribution in [0.2, 0.25) is 0 Å². The number of amidine groups is 1. The van der Waals surface area contributed by atoms with Gasteiger partial charge in [-0.3, -0.25) is 15.0 Å². The van der Waals surface area contributed by atoms with Gasteiger partial charge in [-0.2, -0.15) is 0 Å². The zero-order valence-electron chi connectivity index (χ0n) is 20.6. The van der Waals surface area contributed by atoms with Crippen LogP contribution in [0.1, 0.15) is 54.4 Å². The molecule has 0 bridgehead atoms. The largest absolute Gasteiger partial charge is 0.462 e. The third-order valence-electron chi connectivity index (χ3n) is 7.13. The predicted molar refractivity (Wildman–Crippen MR) is 147 cm³/mol. The van der Waals surface area contributed by atoms with Crippen molar-refractivity contribution in [2.75, 3.05) is 20.1 Å². The molecule has 7 nitrogen and oxygen atoms in total. The standard InChI is InChI=1S/C27H34N4O3.2ClH/c1-31(23-12-10-22(11-13-23)27(33)34-24-14-16-30-17-15-24)26(32)21-8-4-19(5-9-21)18-2-6-20(7-3-18)25(28)29;;/h2-9,22-24,30H,10-17H2,1H3,(H3,28,29);2*1H/t22-,23-;;. The lowest BCUT2D eigenvalue weighted by atomic mass is 9.85. The first-order valence-corrected chi connectivity index (χ1v) is 12.2. The lowest BCUT2D eigenvalue weighted by molar-refractivity contribution is -0.156. The van der Waals surface area contributed by atoms with E-state index in [1.807, 2.05) is 60.5 Å². The van der Waals surface area contributed by atoms with Crippen molar-refractivity contribution in [2.45, 2.75) is 50.7 Å². The number of piperidine rings is 1. The summed E-state index contributed by atoms with van der Waals surface area (Å²) in [6.07, 6.45) is 4.99. The lowest BCUT2D eigenvalue weighted by Gasteiger charge is -2.34. The van der Waals surface area contributed by atoms with Gasteiger partial charge in [0.05, 0.1) is 5.92 Å². The van der Waals surface area contributed by atoms with Crippen LogP contribution in [0.3, 0.4) is 0 Å². The molecule has 2 aromatic carbocycles. The van der Waals surface area contributed by atoms with Crippen LogP contribution in [0, 0.1) is 11.3 Å². The van der Waals surface area contributed by atoms with Gasteiger partial charge in [-0.25, -0.2) is 0 Å². The second-order valence-corrected chi connectivity index (χ2v) is 9.38. The minimum absolute atomic E-state index is 0. The minimum Gasteiger partial charge on any atom is -0.462 e. The summed E-state index contributed by atoms with van der Waals surface area (Å²) in [7, 11) is 1.86. The Hall–Kier alpha value is -2.61. The number of carbonyl (C=O) groups excluding carboxylic acids is 2. The molecule has 2 fully saturated rings. The van der Waals surface area contributed by atoms with Gasteiger partial charge in [0.25, 0.3) is 5.91 Å². The summed E-state index contributed by atoms with van der Waals surface area (Å²) in [4.78, 5) is 27.5. The van der Waals surface area contributed by atoms with Crippen LogP contribution in [0.25, 0.3) is 11.1 Å². The van der Waals surface area contributed by atoms with Gasteiger partial charge in [-0.15, -0.1) is 24.8 Å². The molecule has 1 saturated heterocycles. The molecule has 9 heteroatoms. The van der Waals surface area contributed by atoms with Crippen LogP contribution >= 0.6 is 24.8 Å². The van der Waals surface area contributed by atoms with E-state index in [0.29, 0.717) is 11.1 Å². The van der Waals surface area contributed by atoms with Crippen molar-refractivity contribution in [1.82, 2.24) is 10.2 Å². The van der Waals surface area contributed by atoms with E-state index in [9.17, 15) is 9.59 Å². The van der Waals surface area contributed by atoms with Gasteiger partial charge in [-0.1, -0.05) is 36.4 Å². The SMILES string of the molecule is CN(C(=O)c1ccc(-c2ccc(C(=N)N)cc2)cc1)[C@H]1CC[C@H](C(=O)OC2CCNCC2)CC1.Cl.Cl. The van der Waals surface area contributed by atoms with Crippen LogP contribution in [0.4, 0.5) is 0 Å². The first-order chi connectivity index (χ1) is 16.4. The molecule has 0 aromatic heterocycles. The Labute approximate surface area is 225 Å². The molecule has 0 radical (unpaired) electrons. The third kappa shape index (κ3) is 7.21. The van der Waals surface area contributed by atoms with Gasteiger partial charge in [0.2, 0.25) is 0 Å². The molecule has 0 unspecified atom stereocenters. The fourth-order valence-electron chi connectivity index (χ4n) is 4.89. The summed E-state index contributed by atoms with van der Waals surface area (Å²) in [5, 5.41) is 10.8. The number of esters is 1. The highest BCUT2D eigenvalue weighted by molar-refractivity contribution is 5.96. The molecular weight excluding hydrogens is 499 g/mol. The van der Waals surface area contributed by atoms with Crippen LogP contribution in [0.15, 0.2) is 48.5 Å². The Bertz CT molecular complexity index is 1020. The molecule has 1 heterocycles. The highest BCUT2D eigenvalue weighted by atomic mass is 35.5. The van der Waals surface area contributed by atoms with E-state index < -0.39 is 0 Å². The summed E-state index contributed by atoms with van der Waals surface area (Å²) >= 11 is 0. The molecule has 0 spiro atoms. The van der Waals surface area contributed by atoms with E-state index in [0.717, 1.165) is 62.7 Å². The molecule has 196 valence electrons. The maximum Gasteiger partial charge on any atom is 0.309 e. The maximum atomic E-state index is 13.1. The number of hydrogen-bond acceptors (Lipinski definition) is 5. The summed E-state index contributed by atoms with van der Waals surface area (Å²) in [6, 6.07) is 15.2. The average molecular weight is 536 g/mol. The molecule has 0 atom stereocenters. The van der Waals surface area contributed by atoms with Crippen molar-refractivity contribution in [3.8, 4) is 11.1 Å². The molecule has 1 aliphatic carbocycles. The minimum atomic E-state index is -0.0637. The Morgan fingerprint density at radius 3 is 1.86 bits per heavy atom. The molecule has 1 amide bonds. The molecular formula is C27H36Cl2N4O3. The van der Waals surface area contributed by atoms with Crippen LogP contribution in [0.5, 0.6) is 0 Å². The Balaban J connectivity index is 0.00000228. The first kappa shape index (κ1) is 29.6. The number of nitrogen functional groups attached to an aromatic ring is 1. The number of hydrogen-bond donors (Lipinski definition) is 3. The Morgan fingerprint density at radius 1 is 0.861 bits per heavy atom. The number of halogens is 2. The highest BCUT2D eigenvalue weighted by Crippen LogP contribution is 2.30. The average Bonchev–Trinajstić information content (AvgIpc) is 2.88. The number of carbonyl (C=O) groups is 2. The summed E-state index contributed by atoms with van der Waals surface area (Å²) in [5.74, 6) is -0.0722. The van der Waals surface area contributed by atoms with Gasteiger partial charge in [-0.05, 0) is 74.9 Å². The molecule has 1 saturated carbocycles. The lowest BCUT2D eigenvalue weighted by Crippen LogP contribution is -2.41. The second-order valence-electron chi connectivity index (χ2n) is 9.38. The summed E-state index contributed by atoms with van der Waals surface area (Å²) in [6.45, 7) is 1.81. The van der Waals surface area contributed by atoms with E-state index in [4.69, 9.17) is 15.9 Å². The van der Waals surface area contributed by atoms with E-state index in [2.05, 4.69) is 5.32 Å². The van der Waals surface area contributed by atoms with E-state index >= 15 is 0 Å².